The van der Waals surface area contributed by atoms with Gasteiger partial charge in [0.1, 0.15) is 0 Å². The maximum Gasteiger partial charge on any atom is 0.289 e. The van der Waals surface area contributed by atoms with E-state index in [1.807, 2.05) is 0 Å². The fourth-order valence-electron chi connectivity index (χ4n) is 4.46. The minimum atomic E-state index is -0.341. The molecule has 4 heteroatoms. The van der Waals surface area contributed by atoms with Crippen LogP contribution in [0.4, 0.5) is 0 Å². The molecule has 2 fully saturated rings. The zero-order valence-corrected chi connectivity index (χ0v) is 14.8. The number of nitrogens with zero attached hydrogens (tertiary/aromatic N) is 2. The molecular weight excluding hydrogens is 300 g/mol. The molecule has 0 unspecified atom stereocenters. The Kier molecular flexibility index (Phi) is 5.04. The van der Waals surface area contributed by atoms with Crippen molar-refractivity contribution in [2.75, 3.05) is 32.7 Å². The van der Waals surface area contributed by atoms with E-state index in [2.05, 4.69) is 42.2 Å². The molecule has 0 saturated carbocycles. The average molecular weight is 328 g/mol. The van der Waals surface area contributed by atoms with Crippen molar-refractivity contribution in [1.82, 2.24) is 9.80 Å². The average Bonchev–Trinajstić information content (AvgIpc) is 2.62. The molecule has 2 aliphatic heterocycles. The molecule has 1 amide bonds. The monoisotopic (exact) mass is 328 g/mol. The zero-order valence-electron chi connectivity index (χ0n) is 14.8. The van der Waals surface area contributed by atoms with Gasteiger partial charge in [-0.2, -0.15) is 0 Å². The summed E-state index contributed by atoms with van der Waals surface area (Å²) in [4.78, 5) is 27.6. The maximum absolute atomic E-state index is 11.9. The van der Waals surface area contributed by atoms with E-state index < -0.39 is 0 Å². The SMILES string of the molecule is CCN1C[C@@H](c2ccccc2)CC2(CCN(C(=O)C(C)=O)CC2)C1. The van der Waals surface area contributed by atoms with E-state index in [1.165, 1.54) is 18.9 Å². The minimum absolute atomic E-state index is 0.280. The Balaban J connectivity index is 1.73. The molecule has 0 aromatic heterocycles. The van der Waals surface area contributed by atoms with Crippen molar-refractivity contribution in [3.63, 3.8) is 0 Å². The van der Waals surface area contributed by atoms with Crippen LogP contribution in [-0.4, -0.2) is 54.2 Å². The summed E-state index contributed by atoms with van der Waals surface area (Å²) in [6, 6.07) is 10.8. The number of carbonyl (C=O) groups is 2. The van der Waals surface area contributed by atoms with Gasteiger partial charge in [-0.15, -0.1) is 0 Å². The highest BCUT2D eigenvalue weighted by molar-refractivity contribution is 6.35. The van der Waals surface area contributed by atoms with Crippen LogP contribution in [0.25, 0.3) is 0 Å². The number of hydrogen-bond donors (Lipinski definition) is 0. The van der Waals surface area contributed by atoms with Crippen LogP contribution in [0, 0.1) is 5.41 Å². The summed E-state index contributed by atoms with van der Waals surface area (Å²) >= 11 is 0. The van der Waals surface area contributed by atoms with Gasteiger partial charge in [0.2, 0.25) is 5.78 Å². The largest absolute Gasteiger partial charge is 0.336 e. The molecule has 0 N–H and O–H groups in total. The smallest absolute Gasteiger partial charge is 0.289 e. The number of amides is 1. The molecule has 1 aromatic carbocycles. The van der Waals surface area contributed by atoms with Crippen molar-refractivity contribution in [1.29, 1.82) is 0 Å². The molecule has 1 aromatic rings. The summed E-state index contributed by atoms with van der Waals surface area (Å²) < 4.78 is 0. The summed E-state index contributed by atoms with van der Waals surface area (Å²) in [5.41, 5.74) is 1.71. The Labute approximate surface area is 144 Å². The molecule has 0 bridgehead atoms. The molecule has 2 aliphatic rings. The first-order chi connectivity index (χ1) is 11.5. The number of Topliss-reactive ketones (excluding diaryl/α,β-unsaturated/α-hetero) is 1. The molecule has 2 heterocycles. The number of benzene rings is 1. The van der Waals surface area contributed by atoms with E-state index in [1.54, 1.807) is 4.90 Å². The number of ketones is 1. The fraction of sp³-hybridized carbons (Fsp3) is 0.600. The molecule has 2 saturated heterocycles. The van der Waals surface area contributed by atoms with Gasteiger partial charge in [0.25, 0.3) is 5.91 Å². The van der Waals surface area contributed by atoms with Crippen LogP contribution >= 0.6 is 0 Å². The first kappa shape index (κ1) is 17.2. The van der Waals surface area contributed by atoms with E-state index in [4.69, 9.17) is 0 Å². The maximum atomic E-state index is 11.9. The molecule has 0 radical (unpaired) electrons. The van der Waals surface area contributed by atoms with Gasteiger partial charge in [-0.1, -0.05) is 37.3 Å². The Morgan fingerprint density at radius 2 is 1.83 bits per heavy atom. The summed E-state index contributed by atoms with van der Waals surface area (Å²) in [6.07, 6.45) is 3.20. The summed E-state index contributed by atoms with van der Waals surface area (Å²) in [5.74, 6) is -0.0884. The lowest BCUT2D eigenvalue weighted by atomic mass is 9.68. The molecule has 130 valence electrons. The van der Waals surface area contributed by atoms with Gasteiger partial charge in [-0.05, 0) is 42.7 Å². The zero-order chi connectivity index (χ0) is 17.2. The van der Waals surface area contributed by atoms with Crippen molar-refractivity contribution in [3.8, 4) is 0 Å². The molecule has 0 aliphatic carbocycles. The molecule has 1 spiro atoms. The van der Waals surface area contributed by atoms with Crippen molar-refractivity contribution in [2.24, 2.45) is 5.41 Å². The molecule has 4 nitrogen and oxygen atoms in total. The number of likely N-dealkylation sites (tertiary alicyclic amines) is 2. The Bertz CT molecular complexity index is 591. The van der Waals surface area contributed by atoms with Crippen LogP contribution < -0.4 is 0 Å². The topological polar surface area (TPSA) is 40.6 Å². The summed E-state index contributed by atoms with van der Waals surface area (Å²) in [7, 11) is 0. The molecule has 3 rings (SSSR count). The highest BCUT2D eigenvalue weighted by Gasteiger charge is 2.42. The minimum Gasteiger partial charge on any atom is -0.336 e. The van der Waals surface area contributed by atoms with Gasteiger partial charge < -0.3 is 9.80 Å². The van der Waals surface area contributed by atoms with Gasteiger partial charge >= 0.3 is 0 Å². The molecular formula is C20H28N2O2. The highest BCUT2D eigenvalue weighted by Crippen LogP contribution is 2.45. The fourth-order valence-corrected chi connectivity index (χ4v) is 4.46. The molecule has 1 atom stereocenters. The quantitative estimate of drug-likeness (QED) is 0.801. The van der Waals surface area contributed by atoms with E-state index in [0.29, 0.717) is 5.92 Å². The van der Waals surface area contributed by atoms with Crippen molar-refractivity contribution in [2.45, 2.75) is 39.0 Å². The van der Waals surface area contributed by atoms with E-state index >= 15 is 0 Å². The van der Waals surface area contributed by atoms with E-state index in [9.17, 15) is 9.59 Å². The van der Waals surface area contributed by atoms with Crippen molar-refractivity contribution >= 4 is 11.7 Å². The number of likely N-dealkylation sites (N-methyl/N-ethyl adjacent to an activating group) is 1. The van der Waals surface area contributed by atoms with E-state index in [0.717, 1.165) is 45.6 Å². The molecule has 24 heavy (non-hydrogen) atoms. The Morgan fingerprint density at radius 3 is 2.42 bits per heavy atom. The highest BCUT2D eigenvalue weighted by atomic mass is 16.2. The predicted octanol–water partition coefficient (Wildman–Crippen LogP) is 2.69. The lowest BCUT2D eigenvalue weighted by Crippen LogP contribution is -2.53. The van der Waals surface area contributed by atoms with Crippen LogP contribution in [0.3, 0.4) is 0 Å². The third-order valence-corrected chi connectivity index (χ3v) is 5.85. The first-order valence-electron chi connectivity index (χ1n) is 9.10. The number of carbonyl (C=O) groups excluding carboxylic acids is 2. The van der Waals surface area contributed by atoms with Crippen LogP contribution in [-0.2, 0) is 9.59 Å². The lowest BCUT2D eigenvalue weighted by Gasteiger charge is -2.50. The Hall–Kier alpha value is -1.68. The van der Waals surface area contributed by atoms with Gasteiger partial charge in [-0.25, -0.2) is 0 Å². The standard InChI is InChI=1S/C20H28N2O2/c1-3-21-14-18(17-7-5-4-6-8-17)13-20(15-21)9-11-22(12-10-20)19(24)16(2)23/h4-8,18H,3,9-15H2,1-2H3/t18-/m0/s1. The number of hydrogen-bond acceptors (Lipinski definition) is 3. The van der Waals surface area contributed by atoms with Gasteiger partial charge in [0, 0.05) is 33.1 Å². The first-order valence-corrected chi connectivity index (χ1v) is 9.10. The van der Waals surface area contributed by atoms with Gasteiger partial charge in [0.15, 0.2) is 0 Å². The second kappa shape index (κ2) is 7.06. The van der Waals surface area contributed by atoms with Crippen molar-refractivity contribution < 1.29 is 9.59 Å². The normalized spacial score (nSPS) is 24.1. The third kappa shape index (κ3) is 3.54. The number of piperidine rings is 2. The Morgan fingerprint density at radius 1 is 1.17 bits per heavy atom. The third-order valence-electron chi connectivity index (χ3n) is 5.85. The van der Waals surface area contributed by atoms with E-state index in [-0.39, 0.29) is 17.1 Å². The van der Waals surface area contributed by atoms with Crippen LogP contribution in [0.5, 0.6) is 0 Å². The van der Waals surface area contributed by atoms with Crippen molar-refractivity contribution in [3.05, 3.63) is 35.9 Å². The summed E-state index contributed by atoms with van der Waals surface area (Å²) in [5, 5.41) is 0. The second-order valence-electron chi connectivity index (χ2n) is 7.49. The second-order valence-corrected chi connectivity index (χ2v) is 7.49. The predicted molar refractivity (Wildman–Crippen MR) is 94.8 cm³/mol. The van der Waals surface area contributed by atoms with Crippen LogP contribution in [0.1, 0.15) is 44.6 Å². The summed E-state index contributed by atoms with van der Waals surface area (Å²) in [6.45, 7) is 8.36. The number of rotatable bonds is 3. The van der Waals surface area contributed by atoms with Gasteiger partial charge in [0.05, 0.1) is 0 Å². The van der Waals surface area contributed by atoms with Crippen LogP contribution in [0.2, 0.25) is 0 Å². The van der Waals surface area contributed by atoms with Gasteiger partial charge in [-0.3, -0.25) is 9.59 Å². The lowest BCUT2D eigenvalue weighted by molar-refractivity contribution is -0.145. The van der Waals surface area contributed by atoms with Crippen LogP contribution in [0.15, 0.2) is 30.3 Å².